The molecular weight excluding hydrogens is 220 g/mol. The van der Waals surface area contributed by atoms with Gasteiger partial charge in [0.25, 0.3) is 0 Å². The number of rotatable bonds is 8. The molecule has 0 bridgehead atoms. The van der Waals surface area contributed by atoms with Crippen molar-refractivity contribution in [3.8, 4) is 0 Å². The molecule has 1 rings (SSSR count). The lowest BCUT2D eigenvalue weighted by molar-refractivity contribution is 0.248. The summed E-state index contributed by atoms with van der Waals surface area (Å²) in [5.41, 5.74) is 2.78. The Morgan fingerprint density at radius 3 is 2.17 bits per heavy atom. The summed E-state index contributed by atoms with van der Waals surface area (Å²) in [5.74, 6) is 0.734. The highest BCUT2D eigenvalue weighted by Gasteiger charge is 2.05. The fourth-order valence-corrected chi connectivity index (χ4v) is 2.11. The number of hydrogen-bond donors (Lipinski definition) is 1. The second-order valence-corrected chi connectivity index (χ2v) is 5.32. The van der Waals surface area contributed by atoms with Gasteiger partial charge in [-0.2, -0.15) is 0 Å². The van der Waals surface area contributed by atoms with Crippen LogP contribution in [0.2, 0.25) is 0 Å². The van der Waals surface area contributed by atoms with Gasteiger partial charge in [-0.15, -0.1) is 0 Å². The number of hydrogen-bond acceptors (Lipinski definition) is 2. The first-order valence-electron chi connectivity index (χ1n) is 7.16. The molecule has 0 aromatic heterocycles. The van der Waals surface area contributed by atoms with Crippen molar-refractivity contribution in [3.63, 3.8) is 0 Å². The first kappa shape index (κ1) is 15.2. The van der Waals surface area contributed by atoms with E-state index >= 15 is 0 Å². The van der Waals surface area contributed by atoms with Crippen molar-refractivity contribution in [2.75, 3.05) is 19.6 Å². The molecule has 0 radical (unpaired) electrons. The number of benzene rings is 1. The van der Waals surface area contributed by atoms with Gasteiger partial charge in [-0.3, -0.25) is 4.90 Å². The molecule has 1 N–H and O–H groups in total. The van der Waals surface area contributed by atoms with E-state index in [1.807, 2.05) is 0 Å². The lowest BCUT2D eigenvalue weighted by Gasteiger charge is -2.22. The van der Waals surface area contributed by atoms with Crippen molar-refractivity contribution in [2.45, 2.75) is 40.8 Å². The Morgan fingerprint density at radius 2 is 1.67 bits per heavy atom. The zero-order valence-corrected chi connectivity index (χ0v) is 12.4. The van der Waals surface area contributed by atoms with Gasteiger partial charge >= 0.3 is 0 Å². The Labute approximate surface area is 112 Å². The molecule has 2 nitrogen and oxygen atoms in total. The van der Waals surface area contributed by atoms with Gasteiger partial charge < -0.3 is 5.32 Å². The highest BCUT2D eigenvalue weighted by Crippen LogP contribution is 2.09. The summed E-state index contributed by atoms with van der Waals surface area (Å²) < 4.78 is 0. The minimum atomic E-state index is 0.734. The second kappa shape index (κ2) is 8.28. The second-order valence-electron chi connectivity index (χ2n) is 5.32. The van der Waals surface area contributed by atoms with E-state index in [0.717, 1.165) is 32.1 Å². The zero-order valence-electron chi connectivity index (χ0n) is 12.4. The predicted molar refractivity (Wildman–Crippen MR) is 79.6 cm³/mol. The number of nitrogens with one attached hydrogen (secondary N) is 1. The first-order chi connectivity index (χ1) is 8.65. The average Bonchev–Trinajstić information content (AvgIpc) is 2.36. The highest BCUT2D eigenvalue weighted by molar-refractivity contribution is 5.22. The fraction of sp³-hybridized carbons (Fsp3) is 0.625. The molecule has 0 saturated carbocycles. The van der Waals surface area contributed by atoms with E-state index < -0.39 is 0 Å². The van der Waals surface area contributed by atoms with Crippen LogP contribution in [0, 0.1) is 5.92 Å². The molecule has 0 saturated heterocycles. The first-order valence-corrected chi connectivity index (χ1v) is 7.16. The van der Waals surface area contributed by atoms with Crippen molar-refractivity contribution in [1.29, 1.82) is 0 Å². The van der Waals surface area contributed by atoms with E-state index in [1.165, 1.54) is 17.7 Å². The van der Waals surface area contributed by atoms with Gasteiger partial charge in [0.05, 0.1) is 0 Å². The summed E-state index contributed by atoms with van der Waals surface area (Å²) in [6.07, 6.45) is 0. The van der Waals surface area contributed by atoms with Gasteiger partial charge in [0, 0.05) is 19.6 Å². The van der Waals surface area contributed by atoms with Crippen LogP contribution in [0.1, 0.15) is 38.8 Å². The molecule has 102 valence electrons. The van der Waals surface area contributed by atoms with E-state index in [9.17, 15) is 0 Å². The quantitative estimate of drug-likeness (QED) is 0.759. The third-order valence-electron chi connectivity index (χ3n) is 3.08. The van der Waals surface area contributed by atoms with Crippen LogP contribution in [0.4, 0.5) is 0 Å². The van der Waals surface area contributed by atoms with Gasteiger partial charge in [0.15, 0.2) is 0 Å². The highest BCUT2D eigenvalue weighted by atomic mass is 15.1. The minimum absolute atomic E-state index is 0.734. The Balaban J connectivity index is 2.51. The standard InChI is InChI=1S/C16H28N2/c1-5-17-11-15-7-9-16(10-8-15)13-18(6-2)12-14(3)4/h7-10,14,17H,5-6,11-13H2,1-4H3. The fourth-order valence-electron chi connectivity index (χ4n) is 2.11. The average molecular weight is 248 g/mol. The SMILES string of the molecule is CCNCc1ccc(CN(CC)CC(C)C)cc1. The molecule has 18 heavy (non-hydrogen) atoms. The van der Waals surface area contributed by atoms with Crippen molar-refractivity contribution < 1.29 is 0 Å². The Hall–Kier alpha value is -0.860. The van der Waals surface area contributed by atoms with E-state index in [4.69, 9.17) is 0 Å². The van der Waals surface area contributed by atoms with Crippen LogP contribution in [-0.2, 0) is 13.1 Å². The molecule has 0 amide bonds. The maximum Gasteiger partial charge on any atom is 0.0233 e. The lowest BCUT2D eigenvalue weighted by Crippen LogP contribution is -2.27. The van der Waals surface area contributed by atoms with Crippen molar-refractivity contribution in [3.05, 3.63) is 35.4 Å². The summed E-state index contributed by atoms with van der Waals surface area (Å²) in [6.45, 7) is 14.3. The Morgan fingerprint density at radius 1 is 1.06 bits per heavy atom. The molecule has 0 aliphatic rings. The van der Waals surface area contributed by atoms with Crippen molar-refractivity contribution >= 4 is 0 Å². The number of nitrogens with zero attached hydrogens (tertiary/aromatic N) is 1. The van der Waals surface area contributed by atoms with Crippen LogP contribution in [0.3, 0.4) is 0 Å². The van der Waals surface area contributed by atoms with Gasteiger partial charge in [-0.25, -0.2) is 0 Å². The van der Waals surface area contributed by atoms with E-state index in [0.29, 0.717) is 0 Å². The molecule has 2 heteroatoms. The molecule has 1 aromatic carbocycles. The Bertz CT molecular complexity index is 316. The van der Waals surface area contributed by atoms with Crippen molar-refractivity contribution in [1.82, 2.24) is 10.2 Å². The molecule has 0 atom stereocenters. The lowest BCUT2D eigenvalue weighted by atomic mass is 10.1. The third-order valence-corrected chi connectivity index (χ3v) is 3.08. The molecule has 1 aromatic rings. The molecular formula is C16H28N2. The van der Waals surface area contributed by atoms with Crippen LogP contribution in [0.25, 0.3) is 0 Å². The summed E-state index contributed by atoms with van der Waals surface area (Å²) in [4.78, 5) is 2.50. The van der Waals surface area contributed by atoms with Gasteiger partial charge in [0.2, 0.25) is 0 Å². The molecule has 0 unspecified atom stereocenters. The largest absolute Gasteiger partial charge is 0.313 e. The molecule has 0 spiro atoms. The molecule has 0 aliphatic carbocycles. The monoisotopic (exact) mass is 248 g/mol. The zero-order chi connectivity index (χ0) is 13.4. The smallest absolute Gasteiger partial charge is 0.0233 e. The Kier molecular flexibility index (Phi) is 6.99. The van der Waals surface area contributed by atoms with Gasteiger partial charge in [-0.05, 0) is 30.1 Å². The maximum atomic E-state index is 3.35. The van der Waals surface area contributed by atoms with E-state index in [-0.39, 0.29) is 0 Å². The predicted octanol–water partition coefficient (Wildman–Crippen LogP) is 3.27. The topological polar surface area (TPSA) is 15.3 Å². The normalized spacial score (nSPS) is 11.4. The van der Waals surface area contributed by atoms with Crippen molar-refractivity contribution in [2.24, 2.45) is 5.92 Å². The van der Waals surface area contributed by atoms with E-state index in [2.05, 4.69) is 62.2 Å². The minimum Gasteiger partial charge on any atom is -0.313 e. The van der Waals surface area contributed by atoms with Crippen LogP contribution >= 0.6 is 0 Å². The van der Waals surface area contributed by atoms with Crippen LogP contribution in [0.5, 0.6) is 0 Å². The molecule has 0 heterocycles. The summed E-state index contributed by atoms with van der Waals surface area (Å²) >= 11 is 0. The van der Waals surface area contributed by atoms with Crippen LogP contribution in [-0.4, -0.2) is 24.5 Å². The van der Waals surface area contributed by atoms with Gasteiger partial charge in [-0.1, -0.05) is 52.0 Å². The molecule has 0 aliphatic heterocycles. The summed E-state index contributed by atoms with van der Waals surface area (Å²) in [5, 5.41) is 3.35. The van der Waals surface area contributed by atoms with Gasteiger partial charge in [0.1, 0.15) is 0 Å². The summed E-state index contributed by atoms with van der Waals surface area (Å²) in [6, 6.07) is 8.99. The van der Waals surface area contributed by atoms with Crippen LogP contribution < -0.4 is 5.32 Å². The van der Waals surface area contributed by atoms with E-state index in [1.54, 1.807) is 0 Å². The van der Waals surface area contributed by atoms with Crippen LogP contribution in [0.15, 0.2) is 24.3 Å². The maximum absolute atomic E-state index is 3.35. The third kappa shape index (κ3) is 5.65. The summed E-state index contributed by atoms with van der Waals surface area (Å²) in [7, 11) is 0. The molecule has 0 fully saturated rings.